The standard InChI is InChI=1S/C11H17F3N4O/c1-7(19)4-5-18(3)9-6-8(11(12,13)14)16-10(15-2)17-9/h6-7,19H,4-5H2,1-3H3,(H,15,16,17). The molecule has 1 heterocycles. The maximum atomic E-state index is 12.7. The summed E-state index contributed by atoms with van der Waals surface area (Å²) in [5, 5.41) is 11.7. The minimum absolute atomic E-state index is 0.0891. The van der Waals surface area contributed by atoms with Gasteiger partial charge in [-0.2, -0.15) is 18.2 Å². The SMILES string of the molecule is CNc1nc(N(C)CCC(C)O)cc(C(F)(F)F)n1. The lowest BCUT2D eigenvalue weighted by molar-refractivity contribution is -0.141. The first-order chi connectivity index (χ1) is 8.74. The Bertz CT molecular complexity index is 423. The largest absolute Gasteiger partial charge is 0.433 e. The Hall–Kier alpha value is -1.57. The maximum absolute atomic E-state index is 12.7. The van der Waals surface area contributed by atoms with Gasteiger partial charge in [0, 0.05) is 26.7 Å². The summed E-state index contributed by atoms with van der Waals surface area (Å²) in [7, 11) is 3.07. The summed E-state index contributed by atoms with van der Waals surface area (Å²) < 4.78 is 38.1. The number of rotatable bonds is 5. The van der Waals surface area contributed by atoms with Gasteiger partial charge in [0.25, 0.3) is 0 Å². The van der Waals surface area contributed by atoms with E-state index in [1.165, 1.54) is 7.05 Å². The molecule has 0 bridgehead atoms. The molecule has 1 rings (SSSR count). The van der Waals surface area contributed by atoms with Crippen molar-refractivity contribution in [2.75, 3.05) is 30.9 Å². The van der Waals surface area contributed by atoms with Gasteiger partial charge in [-0.15, -0.1) is 0 Å². The first-order valence-corrected chi connectivity index (χ1v) is 5.77. The van der Waals surface area contributed by atoms with Crippen LogP contribution >= 0.6 is 0 Å². The highest BCUT2D eigenvalue weighted by atomic mass is 19.4. The van der Waals surface area contributed by atoms with E-state index in [9.17, 15) is 18.3 Å². The Labute approximate surface area is 109 Å². The number of anilines is 2. The van der Waals surface area contributed by atoms with Gasteiger partial charge >= 0.3 is 6.18 Å². The van der Waals surface area contributed by atoms with Gasteiger partial charge in [0.2, 0.25) is 5.95 Å². The van der Waals surface area contributed by atoms with E-state index in [4.69, 9.17) is 0 Å². The van der Waals surface area contributed by atoms with Crippen LogP contribution in [0.25, 0.3) is 0 Å². The van der Waals surface area contributed by atoms with Crippen molar-refractivity contribution < 1.29 is 18.3 Å². The molecule has 0 aliphatic heterocycles. The van der Waals surface area contributed by atoms with Crippen molar-refractivity contribution in [3.8, 4) is 0 Å². The van der Waals surface area contributed by atoms with Crippen LogP contribution in [0.2, 0.25) is 0 Å². The van der Waals surface area contributed by atoms with E-state index < -0.39 is 18.0 Å². The van der Waals surface area contributed by atoms with Crippen LogP contribution < -0.4 is 10.2 Å². The summed E-state index contributed by atoms with van der Waals surface area (Å²) >= 11 is 0. The fourth-order valence-electron chi connectivity index (χ4n) is 1.38. The number of aliphatic hydroxyl groups is 1. The van der Waals surface area contributed by atoms with Crippen LogP contribution in [-0.4, -0.2) is 41.8 Å². The maximum Gasteiger partial charge on any atom is 0.433 e. The lowest BCUT2D eigenvalue weighted by Gasteiger charge is -2.20. The van der Waals surface area contributed by atoms with Gasteiger partial charge in [0.1, 0.15) is 5.82 Å². The van der Waals surface area contributed by atoms with E-state index in [1.54, 1.807) is 18.9 Å². The second-order valence-electron chi connectivity index (χ2n) is 4.24. The molecule has 8 heteroatoms. The van der Waals surface area contributed by atoms with Crippen molar-refractivity contribution in [1.82, 2.24) is 9.97 Å². The van der Waals surface area contributed by atoms with Crippen molar-refractivity contribution in [2.24, 2.45) is 0 Å². The fraction of sp³-hybridized carbons (Fsp3) is 0.636. The van der Waals surface area contributed by atoms with Crippen molar-refractivity contribution in [1.29, 1.82) is 0 Å². The van der Waals surface area contributed by atoms with Crippen LogP contribution in [0.1, 0.15) is 19.0 Å². The van der Waals surface area contributed by atoms with Crippen molar-refractivity contribution >= 4 is 11.8 Å². The van der Waals surface area contributed by atoms with Gasteiger partial charge in [-0.1, -0.05) is 0 Å². The summed E-state index contributed by atoms with van der Waals surface area (Å²) in [6, 6.07) is 0.892. The van der Waals surface area contributed by atoms with E-state index in [2.05, 4.69) is 15.3 Å². The number of nitrogens with one attached hydrogen (secondary N) is 1. The zero-order valence-electron chi connectivity index (χ0n) is 11.0. The number of nitrogens with zero attached hydrogens (tertiary/aromatic N) is 3. The monoisotopic (exact) mass is 278 g/mol. The highest BCUT2D eigenvalue weighted by molar-refractivity contribution is 5.44. The van der Waals surface area contributed by atoms with E-state index in [0.717, 1.165) is 6.07 Å². The van der Waals surface area contributed by atoms with Gasteiger partial charge in [-0.25, -0.2) is 4.98 Å². The Morgan fingerprint density at radius 2 is 2.05 bits per heavy atom. The normalized spacial score (nSPS) is 13.2. The molecule has 1 unspecified atom stereocenters. The predicted molar refractivity (Wildman–Crippen MR) is 66.1 cm³/mol. The summed E-state index contributed by atoms with van der Waals surface area (Å²) in [5.41, 5.74) is -0.995. The van der Waals surface area contributed by atoms with E-state index in [-0.39, 0.29) is 11.8 Å². The number of aromatic nitrogens is 2. The Balaban J connectivity index is 2.99. The molecule has 5 nitrogen and oxygen atoms in total. The molecular weight excluding hydrogens is 261 g/mol. The second kappa shape index (κ2) is 6.05. The Kier molecular flexibility index (Phi) is 4.93. The minimum atomic E-state index is -4.52. The smallest absolute Gasteiger partial charge is 0.393 e. The second-order valence-corrected chi connectivity index (χ2v) is 4.24. The molecule has 1 atom stereocenters. The fourth-order valence-corrected chi connectivity index (χ4v) is 1.38. The number of aliphatic hydroxyl groups excluding tert-OH is 1. The molecule has 0 aromatic carbocycles. The number of hydrogen-bond donors (Lipinski definition) is 2. The van der Waals surface area contributed by atoms with E-state index in [1.807, 2.05) is 0 Å². The average molecular weight is 278 g/mol. The minimum Gasteiger partial charge on any atom is -0.393 e. The zero-order chi connectivity index (χ0) is 14.6. The molecule has 108 valence electrons. The highest BCUT2D eigenvalue weighted by Crippen LogP contribution is 2.30. The van der Waals surface area contributed by atoms with E-state index >= 15 is 0 Å². The van der Waals surface area contributed by atoms with Gasteiger partial charge in [-0.05, 0) is 13.3 Å². The van der Waals surface area contributed by atoms with Crippen LogP contribution in [0.4, 0.5) is 24.9 Å². The molecule has 2 N–H and O–H groups in total. The van der Waals surface area contributed by atoms with Gasteiger partial charge in [-0.3, -0.25) is 0 Å². The van der Waals surface area contributed by atoms with Crippen molar-refractivity contribution in [3.63, 3.8) is 0 Å². The predicted octanol–water partition coefficient (Wildman–Crippen LogP) is 1.74. The third-order valence-electron chi connectivity index (χ3n) is 2.50. The first-order valence-electron chi connectivity index (χ1n) is 5.77. The molecule has 0 aliphatic carbocycles. The van der Waals surface area contributed by atoms with E-state index in [0.29, 0.717) is 13.0 Å². The average Bonchev–Trinajstić information content (AvgIpc) is 2.34. The van der Waals surface area contributed by atoms with Gasteiger partial charge < -0.3 is 15.3 Å². The summed E-state index contributed by atoms with van der Waals surface area (Å²) in [5.74, 6) is 0.0704. The van der Waals surface area contributed by atoms with Gasteiger partial charge in [0.15, 0.2) is 5.69 Å². The zero-order valence-corrected chi connectivity index (χ0v) is 11.0. The molecule has 0 fully saturated rings. The van der Waals surface area contributed by atoms with Crippen molar-refractivity contribution in [3.05, 3.63) is 11.8 Å². The van der Waals surface area contributed by atoms with Gasteiger partial charge in [0.05, 0.1) is 6.10 Å². The molecule has 1 aromatic rings. The molecule has 1 aromatic heterocycles. The summed E-state index contributed by atoms with van der Waals surface area (Å²) in [4.78, 5) is 8.89. The van der Waals surface area contributed by atoms with Crippen LogP contribution in [0.15, 0.2) is 6.07 Å². The third-order valence-corrected chi connectivity index (χ3v) is 2.50. The molecule has 0 radical (unpaired) electrons. The molecule has 0 saturated heterocycles. The Morgan fingerprint density at radius 3 is 2.53 bits per heavy atom. The topological polar surface area (TPSA) is 61.3 Å². The molecule has 0 saturated carbocycles. The highest BCUT2D eigenvalue weighted by Gasteiger charge is 2.34. The third kappa shape index (κ3) is 4.55. The van der Waals surface area contributed by atoms with Crippen LogP contribution in [0.5, 0.6) is 0 Å². The lowest BCUT2D eigenvalue weighted by atomic mass is 10.2. The molecule has 0 aliphatic rings. The Morgan fingerprint density at radius 1 is 1.42 bits per heavy atom. The van der Waals surface area contributed by atoms with Crippen LogP contribution in [-0.2, 0) is 6.18 Å². The summed E-state index contributed by atoms with van der Waals surface area (Å²) in [6.07, 6.45) is -4.60. The van der Waals surface area contributed by atoms with Crippen molar-refractivity contribution in [2.45, 2.75) is 25.6 Å². The van der Waals surface area contributed by atoms with Crippen LogP contribution in [0, 0.1) is 0 Å². The lowest BCUT2D eigenvalue weighted by Crippen LogP contribution is -2.24. The number of alkyl halides is 3. The quantitative estimate of drug-likeness (QED) is 0.859. The molecule has 0 spiro atoms. The molecule has 0 amide bonds. The summed E-state index contributed by atoms with van der Waals surface area (Å²) in [6.45, 7) is 2.02. The number of halogens is 3. The first kappa shape index (κ1) is 15.5. The molecule has 19 heavy (non-hydrogen) atoms. The van der Waals surface area contributed by atoms with Crippen LogP contribution in [0.3, 0.4) is 0 Å². The molecular formula is C11H17F3N4O. The number of hydrogen-bond acceptors (Lipinski definition) is 5.